The molecule has 0 saturated carbocycles. The standard InChI is InChI=1S/C17H28N2O/c1-4-19(12-16-9-6-10-20-16)17(14(3)18)15-8-5-7-13(2)11-15/h5,7-8,11,14,16-17H,4,6,9-10,12,18H2,1-3H3. The molecular formula is C17H28N2O. The molecule has 0 amide bonds. The van der Waals surface area contributed by atoms with Crippen molar-refractivity contribution >= 4 is 0 Å². The number of likely N-dealkylation sites (N-methyl/N-ethyl adjacent to an activating group) is 1. The molecule has 1 fully saturated rings. The molecule has 0 radical (unpaired) electrons. The van der Waals surface area contributed by atoms with Crippen molar-refractivity contribution in [1.29, 1.82) is 0 Å². The molecule has 1 aromatic rings. The van der Waals surface area contributed by atoms with Gasteiger partial charge in [-0.2, -0.15) is 0 Å². The molecule has 3 heteroatoms. The van der Waals surface area contributed by atoms with Gasteiger partial charge in [0.05, 0.1) is 6.10 Å². The predicted molar refractivity (Wildman–Crippen MR) is 83.8 cm³/mol. The Kier molecular flexibility index (Phi) is 5.58. The van der Waals surface area contributed by atoms with E-state index in [2.05, 4.69) is 49.9 Å². The maximum Gasteiger partial charge on any atom is 0.0703 e. The molecule has 0 bridgehead atoms. The van der Waals surface area contributed by atoms with E-state index in [1.165, 1.54) is 24.0 Å². The van der Waals surface area contributed by atoms with Crippen molar-refractivity contribution in [2.45, 2.75) is 51.8 Å². The Balaban J connectivity index is 2.16. The summed E-state index contributed by atoms with van der Waals surface area (Å²) in [6, 6.07) is 9.09. The van der Waals surface area contributed by atoms with Crippen LogP contribution in [-0.4, -0.2) is 36.7 Å². The van der Waals surface area contributed by atoms with Crippen LogP contribution in [0.1, 0.15) is 43.9 Å². The van der Waals surface area contributed by atoms with Crippen molar-refractivity contribution in [2.24, 2.45) is 5.73 Å². The second-order valence-electron chi connectivity index (χ2n) is 5.94. The smallest absolute Gasteiger partial charge is 0.0703 e. The van der Waals surface area contributed by atoms with E-state index in [0.717, 1.165) is 19.7 Å². The van der Waals surface area contributed by atoms with Gasteiger partial charge < -0.3 is 10.5 Å². The molecule has 2 rings (SSSR count). The molecule has 3 unspecified atom stereocenters. The highest BCUT2D eigenvalue weighted by Gasteiger charge is 2.27. The molecule has 1 aromatic carbocycles. The van der Waals surface area contributed by atoms with Crippen molar-refractivity contribution in [2.75, 3.05) is 19.7 Å². The molecule has 20 heavy (non-hydrogen) atoms. The zero-order valence-corrected chi connectivity index (χ0v) is 13.0. The molecule has 1 heterocycles. The van der Waals surface area contributed by atoms with Gasteiger partial charge in [0, 0.05) is 25.2 Å². The average Bonchev–Trinajstić information content (AvgIpc) is 2.90. The first-order valence-electron chi connectivity index (χ1n) is 7.79. The minimum Gasteiger partial charge on any atom is -0.377 e. The van der Waals surface area contributed by atoms with Crippen molar-refractivity contribution in [3.8, 4) is 0 Å². The average molecular weight is 276 g/mol. The minimum absolute atomic E-state index is 0.109. The van der Waals surface area contributed by atoms with Gasteiger partial charge in [-0.05, 0) is 38.8 Å². The van der Waals surface area contributed by atoms with E-state index in [9.17, 15) is 0 Å². The van der Waals surface area contributed by atoms with Gasteiger partial charge in [0.1, 0.15) is 0 Å². The monoisotopic (exact) mass is 276 g/mol. The van der Waals surface area contributed by atoms with E-state index in [0.29, 0.717) is 6.10 Å². The molecule has 1 aliphatic rings. The first-order chi connectivity index (χ1) is 9.61. The van der Waals surface area contributed by atoms with Gasteiger partial charge in [0.2, 0.25) is 0 Å². The summed E-state index contributed by atoms with van der Waals surface area (Å²) < 4.78 is 5.79. The van der Waals surface area contributed by atoms with E-state index < -0.39 is 0 Å². The van der Waals surface area contributed by atoms with Crippen LogP contribution in [0.25, 0.3) is 0 Å². The third-order valence-corrected chi connectivity index (χ3v) is 4.14. The fourth-order valence-corrected chi connectivity index (χ4v) is 3.19. The Labute approximate surface area is 123 Å². The van der Waals surface area contributed by atoms with E-state index >= 15 is 0 Å². The summed E-state index contributed by atoms with van der Waals surface area (Å²) in [7, 11) is 0. The largest absolute Gasteiger partial charge is 0.377 e. The molecule has 3 atom stereocenters. The number of rotatable bonds is 6. The van der Waals surface area contributed by atoms with Gasteiger partial charge in [0.15, 0.2) is 0 Å². The number of benzene rings is 1. The van der Waals surface area contributed by atoms with Crippen molar-refractivity contribution in [1.82, 2.24) is 4.90 Å². The fourth-order valence-electron chi connectivity index (χ4n) is 3.19. The molecule has 0 aliphatic carbocycles. The summed E-state index contributed by atoms with van der Waals surface area (Å²) in [6.07, 6.45) is 2.74. The zero-order valence-electron chi connectivity index (χ0n) is 13.0. The Morgan fingerprint density at radius 3 is 2.80 bits per heavy atom. The summed E-state index contributed by atoms with van der Waals surface area (Å²) in [5, 5.41) is 0. The summed E-state index contributed by atoms with van der Waals surface area (Å²) in [5.74, 6) is 0. The number of aryl methyl sites for hydroxylation is 1. The van der Waals surface area contributed by atoms with Crippen LogP contribution >= 0.6 is 0 Å². The molecular weight excluding hydrogens is 248 g/mol. The second-order valence-corrected chi connectivity index (χ2v) is 5.94. The zero-order chi connectivity index (χ0) is 14.5. The fraction of sp³-hybridized carbons (Fsp3) is 0.647. The van der Waals surface area contributed by atoms with Crippen LogP contribution in [0, 0.1) is 6.92 Å². The van der Waals surface area contributed by atoms with Gasteiger partial charge in [-0.1, -0.05) is 36.8 Å². The van der Waals surface area contributed by atoms with Crippen LogP contribution in [0.3, 0.4) is 0 Å². The lowest BCUT2D eigenvalue weighted by molar-refractivity contribution is 0.0546. The molecule has 2 N–H and O–H groups in total. The molecule has 0 aromatic heterocycles. The maximum absolute atomic E-state index is 6.29. The highest BCUT2D eigenvalue weighted by Crippen LogP contribution is 2.26. The molecule has 112 valence electrons. The third kappa shape index (κ3) is 3.81. The highest BCUT2D eigenvalue weighted by atomic mass is 16.5. The van der Waals surface area contributed by atoms with Crippen LogP contribution in [0.4, 0.5) is 0 Å². The molecule has 1 aliphatic heterocycles. The normalized spacial score (nSPS) is 22.1. The molecule has 0 spiro atoms. The van der Waals surface area contributed by atoms with E-state index in [1.807, 2.05) is 0 Å². The number of hydrogen-bond donors (Lipinski definition) is 1. The topological polar surface area (TPSA) is 38.5 Å². The van der Waals surface area contributed by atoms with E-state index in [4.69, 9.17) is 10.5 Å². The Bertz CT molecular complexity index is 413. The van der Waals surface area contributed by atoms with Gasteiger partial charge in [-0.15, -0.1) is 0 Å². The van der Waals surface area contributed by atoms with Gasteiger partial charge in [0.25, 0.3) is 0 Å². The van der Waals surface area contributed by atoms with Gasteiger partial charge >= 0.3 is 0 Å². The highest BCUT2D eigenvalue weighted by molar-refractivity contribution is 5.26. The van der Waals surface area contributed by atoms with Crippen LogP contribution in [0.2, 0.25) is 0 Å². The SMILES string of the molecule is CCN(CC1CCCO1)C(c1cccc(C)c1)C(C)N. The molecule has 1 saturated heterocycles. The van der Waals surface area contributed by atoms with Crippen LogP contribution < -0.4 is 5.73 Å². The summed E-state index contributed by atoms with van der Waals surface area (Å²) in [5.41, 5.74) is 8.90. The third-order valence-electron chi connectivity index (χ3n) is 4.14. The van der Waals surface area contributed by atoms with Gasteiger partial charge in [-0.3, -0.25) is 4.90 Å². The quantitative estimate of drug-likeness (QED) is 0.868. The van der Waals surface area contributed by atoms with Crippen LogP contribution in [-0.2, 0) is 4.74 Å². The lowest BCUT2D eigenvalue weighted by Crippen LogP contribution is -2.43. The van der Waals surface area contributed by atoms with Crippen molar-refractivity contribution in [3.05, 3.63) is 35.4 Å². The Morgan fingerprint density at radius 1 is 1.45 bits per heavy atom. The van der Waals surface area contributed by atoms with Crippen molar-refractivity contribution < 1.29 is 4.74 Å². The Hall–Kier alpha value is -0.900. The first-order valence-corrected chi connectivity index (χ1v) is 7.79. The number of hydrogen-bond acceptors (Lipinski definition) is 3. The predicted octanol–water partition coefficient (Wildman–Crippen LogP) is 2.88. The lowest BCUT2D eigenvalue weighted by atomic mass is 9.97. The second kappa shape index (κ2) is 7.21. The number of ether oxygens (including phenoxy) is 1. The Morgan fingerprint density at radius 2 is 2.25 bits per heavy atom. The minimum atomic E-state index is 0.109. The first kappa shape index (κ1) is 15.5. The summed E-state index contributed by atoms with van der Waals surface area (Å²) in [4.78, 5) is 2.47. The van der Waals surface area contributed by atoms with Crippen LogP contribution in [0.5, 0.6) is 0 Å². The number of nitrogens with two attached hydrogens (primary N) is 1. The van der Waals surface area contributed by atoms with Crippen LogP contribution in [0.15, 0.2) is 24.3 Å². The van der Waals surface area contributed by atoms with E-state index in [1.54, 1.807) is 0 Å². The lowest BCUT2D eigenvalue weighted by Gasteiger charge is -2.35. The van der Waals surface area contributed by atoms with Crippen molar-refractivity contribution in [3.63, 3.8) is 0 Å². The summed E-state index contributed by atoms with van der Waals surface area (Å²) >= 11 is 0. The summed E-state index contributed by atoms with van der Waals surface area (Å²) in [6.45, 7) is 9.34. The molecule has 3 nitrogen and oxygen atoms in total. The van der Waals surface area contributed by atoms with Gasteiger partial charge in [-0.25, -0.2) is 0 Å². The van der Waals surface area contributed by atoms with E-state index in [-0.39, 0.29) is 12.1 Å². The maximum atomic E-state index is 6.29. The number of nitrogens with zero attached hydrogens (tertiary/aromatic N) is 1.